The Morgan fingerprint density at radius 2 is 2.00 bits per heavy atom. The van der Waals surface area contributed by atoms with E-state index in [-0.39, 0.29) is 35.7 Å². The average Bonchev–Trinajstić information content (AvgIpc) is 2.72. The second kappa shape index (κ2) is 9.74. The van der Waals surface area contributed by atoms with Gasteiger partial charge in [-0.15, -0.1) is 0 Å². The summed E-state index contributed by atoms with van der Waals surface area (Å²) in [6.45, 7) is 1.01. The summed E-state index contributed by atoms with van der Waals surface area (Å²) in [6.07, 6.45) is -0.708. The highest BCUT2D eigenvalue weighted by atomic mass is 19.4. The second-order valence-corrected chi connectivity index (χ2v) is 7.08. The maximum Gasteiger partial charge on any atom is 0.421 e. The van der Waals surface area contributed by atoms with Crippen LogP contribution in [0.1, 0.15) is 29.5 Å². The Bertz CT molecular complexity index is 955. The van der Waals surface area contributed by atoms with Gasteiger partial charge >= 0.3 is 6.18 Å². The van der Waals surface area contributed by atoms with E-state index in [0.29, 0.717) is 37.2 Å². The van der Waals surface area contributed by atoms with Crippen LogP contribution in [0.5, 0.6) is 11.5 Å². The molecule has 3 rings (SSSR count). The molecule has 0 atom stereocenters. The number of nitrogen functional groups attached to an aromatic ring is 1. The van der Waals surface area contributed by atoms with Crippen molar-refractivity contribution in [2.75, 3.05) is 25.1 Å². The van der Waals surface area contributed by atoms with E-state index >= 15 is 0 Å². The van der Waals surface area contributed by atoms with E-state index in [0.717, 1.165) is 0 Å². The quantitative estimate of drug-likeness (QED) is 0.382. The molecule has 2 aromatic carbocycles. The third-order valence-corrected chi connectivity index (χ3v) is 4.82. The molecule has 0 aliphatic carbocycles. The Hall–Kier alpha value is -3.20. The van der Waals surface area contributed by atoms with Crippen LogP contribution >= 0.6 is 0 Å². The Balaban J connectivity index is 1.75. The third-order valence-electron chi connectivity index (χ3n) is 4.82. The summed E-state index contributed by atoms with van der Waals surface area (Å²) in [5.74, 6) is -0.381. The summed E-state index contributed by atoms with van der Waals surface area (Å²) in [7, 11) is 0. The molecule has 31 heavy (non-hydrogen) atoms. The van der Waals surface area contributed by atoms with Gasteiger partial charge in [0.1, 0.15) is 29.0 Å². The van der Waals surface area contributed by atoms with Crippen molar-refractivity contribution in [2.24, 2.45) is 5.73 Å². The monoisotopic (exact) mass is 435 g/mol. The van der Waals surface area contributed by atoms with Gasteiger partial charge in [-0.05, 0) is 30.3 Å². The normalized spacial score (nSPS) is 15.2. The number of nitrogens with one attached hydrogen (secondary N) is 2. The summed E-state index contributed by atoms with van der Waals surface area (Å²) in [5, 5.41) is 20.1. The van der Waals surface area contributed by atoms with E-state index in [2.05, 4.69) is 5.32 Å². The molecule has 1 aliphatic rings. The number of amidine groups is 1. The lowest BCUT2D eigenvalue weighted by molar-refractivity contribution is -0.138. The van der Waals surface area contributed by atoms with Crippen LogP contribution in [0.2, 0.25) is 0 Å². The fourth-order valence-corrected chi connectivity index (χ4v) is 3.25. The zero-order valence-corrected chi connectivity index (χ0v) is 16.7. The molecule has 0 spiro atoms. The summed E-state index contributed by atoms with van der Waals surface area (Å²) >= 11 is 0. The first-order chi connectivity index (χ1) is 14.8. The Morgan fingerprint density at radius 3 is 2.68 bits per heavy atom. The number of ether oxygens (including phenoxy) is 2. The van der Waals surface area contributed by atoms with Gasteiger partial charge in [-0.25, -0.2) is 0 Å². The van der Waals surface area contributed by atoms with Crippen molar-refractivity contribution >= 4 is 17.6 Å². The minimum atomic E-state index is -4.60. The Kier molecular flexibility index (Phi) is 7.06. The van der Waals surface area contributed by atoms with Crippen LogP contribution in [0.4, 0.5) is 18.9 Å². The van der Waals surface area contributed by atoms with Crippen LogP contribution in [-0.2, 0) is 10.9 Å². The SMILES string of the molecule is N=C(N)c1ccc(O)c(/C=C/CNc2cccc(OC3CCOCC3)c2C(F)(F)F)c1. The van der Waals surface area contributed by atoms with Gasteiger partial charge in [0.05, 0.1) is 18.9 Å². The fraction of sp³-hybridized carbons (Fsp3) is 0.318. The fourth-order valence-electron chi connectivity index (χ4n) is 3.25. The number of hydrogen-bond acceptors (Lipinski definition) is 5. The van der Waals surface area contributed by atoms with Crippen molar-refractivity contribution in [3.05, 3.63) is 59.2 Å². The number of rotatable bonds is 7. The number of aromatic hydroxyl groups is 1. The third kappa shape index (κ3) is 5.91. The molecule has 2 aromatic rings. The van der Waals surface area contributed by atoms with Gasteiger partial charge in [-0.2, -0.15) is 13.2 Å². The van der Waals surface area contributed by atoms with E-state index in [1.54, 1.807) is 12.2 Å². The van der Waals surface area contributed by atoms with Gasteiger partial charge < -0.3 is 25.6 Å². The second-order valence-electron chi connectivity index (χ2n) is 7.08. The van der Waals surface area contributed by atoms with Gasteiger partial charge in [0.15, 0.2) is 0 Å². The molecule has 1 heterocycles. The van der Waals surface area contributed by atoms with Crippen molar-refractivity contribution in [2.45, 2.75) is 25.1 Å². The topological polar surface area (TPSA) is 101 Å². The Morgan fingerprint density at radius 1 is 1.26 bits per heavy atom. The van der Waals surface area contributed by atoms with Crippen molar-refractivity contribution < 1.29 is 27.8 Å². The van der Waals surface area contributed by atoms with Crippen LogP contribution in [-0.4, -0.2) is 36.8 Å². The van der Waals surface area contributed by atoms with Crippen LogP contribution < -0.4 is 15.8 Å². The maximum absolute atomic E-state index is 13.8. The first kappa shape index (κ1) is 22.5. The van der Waals surface area contributed by atoms with Gasteiger partial charge in [0.2, 0.25) is 0 Å². The Labute approximate surface area is 178 Å². The maximum atomic E-state index is 13.8. The predicted molar refractivity (Wildman–Crippen MR) is 113 cm³/mol. The molecule has 0 unspecified atom stereocenters. The molecule has 9 heteroatoms. The molecule has 0 saturated carbocycles. The molecular weight excluding hydrogens is 411 g/mol. The van der Waals surface area contributed by atoms with E-state index in [4.69, 9.17) is 20.6 Å². The molecule has 1 aliphatic heterocycles. The minimum absolute atomic E-state index is 0.0240. The lowest BCUT2D eigenvalue weighted by Gasteiger charge is -2.26. The number of phenols is 1. The zero-order chi connectivity index (χ0) is 22.4. The van der Waals surface area contributed by atoms with Gasteiger partial charge in [0.25, 0.3) is 0 Å². The number of anilines is 1. The molecule has 0 radical (unpaired) electrons. The lowest BCUT2D eigenvalue weighted by Crippen LogP contribution is -2.27. The summed E-state index contributed by atoms with van der Waals surface area (Å²) < 4.78 is 52.2. The molecule has 1 saturated heterocycles. The number of nitrogens with two attached hydrogens (primary N) is 1. The van der Waals surface area contributed by atoms with Crippen LogP contribution in [0, 0.1) is 5.41 Å². The lowest BCUT2D eigenvalue weighted by atomic mass is 10.1. The molecule has 1 fully saturated rings. The number of hydrogen-bond donors (Lipinski definition) is 4. The summed E-state index contributed by atoms with van der Waals surface area (Å²) in [5.41, 5.74) is 5.34. The van der Waals surface area contributed by atoms with Crippen LogP contribution in [0.25, 0.3) is 6.08 Å². The van der Waals surface area contributed by atoms with E-state index in [9.17, 15) is 18.3 Å². The number of alkyl halides is 3. The standard InChI is InChI=1S/C22H24F3N3O3/c23-22(24,25)20-17(4-1-5-19(20)31-16-8-11-30-12-9-16)28-10-2-3-14-13-15(21(26)27)6-7-18(14)29/h1-7,13,16,28-29H,8-12H2,(H3,26,27)/b3-2+. The van der Waals surface area contributed by atoms with Crippen molar-refractivity contribution in [3.63, 3.8) is 0 Å². The smallest absolute Gasteiger partial charge is 0.421 e. The first-order valence-corrected chi connectivity index (χ1v) is 9.78. The highest BCUT2D eigenvalue weighted by molar-refractivity contribution is 5.95. The van der Waals surface area contributed by atoms with Crippen molar-refractivity contribution in [3.8, 4) is 11.5 Å². The summed E-state index contributed by atoms with van der Waals surface area (Å²) in [4.78, 5) is 0. The van der Waals surface area contributed by atoms with E-state index < -0.39 is 11.7 Å². The molecule has 166 valence electrons. The molecule has 6 nitrogen and oxygen atoms in total. The van der Waals surface area contributed by atoms with E-state index in [1.165, 1.54) is 36.4 Å². The first-order valence-electron chi connectivity index (χ1n) is 9.78. The van der Waals surface area contributed by atoms with Gasteiger partial charge in [-0.3, -0.25) is 5.41 Å². The number of benzene rings is 2. The highest BCUT2D eigenvalue weighted by Crippen LogP contribution is 2.42. The van der Waals surface area contributed by atoms with Crippen LogP contribution in [0.15, 0.2) is 42.5 Å². The largest absolute Gasteiger partial charge is 0.507 e. The predicted octanol–water partition coefficient (Wildman–Crippen LogP) is 4.38. The van der Waals surface area contributed by atoms with Gasteiger partial charge in [0, 0.05) is 30.5 Å². The summed E-state index contributed by atoms with van der Waals surface area (Å²) in [6, 6.07) is 8.62. The average molecular weight is 435 g/mol. The molecule has 0 amide bonds. The van der Waals surface area contributed by atoms with Crippen molar-refractivity contribution in [1.82, 2.24) is 0 Å². The van der Waals surface area contributed by atoms with Gasteiger partial charge in [-0.1, -0.05) is 18.2 Å². The van der Waals surface area contributed by atoms with E-state index in [1.807, 2.05) is 0 Å². The molecular formula is C22H24F3N3O3. The molecule has 5 N–H and O–H groups in total. The molecule has 0 aromatic heterocycles. The highest BCUT2D eigenvalue weighted by Gasteiger charge is 2.38. The van der Waals surface area contributed by atoms with Crippen molar-refractivity contribution in [1.29, 1.82) is 5.41 Å². The zero-order valence-electron chi connectivity index (χ0n) is 16.7. The van der Waals surface area contributed by atoms with Crippen LogP contribution in [0.3, 0.4) is 0 Å². The number of phenolic OH excluding ortho intramolecular Hbond substituents is 1. The minimum Gasteiger partial charge on any atom is -0.507 e. The number of halogens is 3. The molecule has 0 bridgehead atoms.